The van der Waals surface area contributed by atoms with Gasteiger partial charge in [0.05, 0.1) is 11.0 Å². The lowest BCUT2D eigenvalue weighted by Crippen LogP contribution is -2.37. The van der Waals surface area contributed by atoms with E-state index in [0.29, 0.717) is 17.9 Å². The Morgan fingerprint density at radius 2 is 2.05 bits per heavy atom. The summed E-state index contributed by atoms with van der Waals surface area (Å²) in [4.78, 5) is 22.9. The highest BCUT2D eigenvalue weighted by molar-refractivity contribution is 5.91. The predicted octanol–water partition coefficient (Wildman–Crippen LogP) is 1.90. The third-order valence-corrected chi connectivity index (χ3v) is 4.30. The minimum Gasteiger partial charge on any atom is -0.481 e. The van der Waals surface area contributed by atoms with Crippen LogP contribution < -0.4 is 5.73 Å². The number of nitrogens with two attached hydrogens (primary N) is 1. The van der Waals surface area contributed by atoms with Crippen LogP contribution >= 0.6 is 0 Å². The molecule has 2 rings (SSSR count). The van der Waals surface area contributed by atoms with Crippen LogP contribution in [0.2, 0.25) is 0 Å². The molecule has 1 unspecified atom stereocenters. The summed E-state index contributed by atoms with van der Waals surface area (Å²) in [7, 11) is 0. The quantitative estimate of drug-likeness (QED) is 0.704. The average molecular weight is 265 g/mol. The van der Waals surface area contributed by atoms with Crippen LogP contribution in [-0.2, 0) is 9.59 Å². The molecule has 0 amide bonds. The van der Waals surface area contributed by atoms with E-state index in [1.807, 2.05) is 0 Å². The van der Waals surface area contributed by atoms with E-state index in [1.165, 1.54) is 6.08 Å². The predicted molar refractivity (Wildman–Crippen MR) is 69.3 cm³/mol. The molecule has 5 heteroatoms. The summed E-state index contributed by atoms with van der Waals surface area (Å²) in [6, 6.07) is 0. The van der Waals surface area contributed by atoms with Gasteiger partial charge in [0.2, 0.25) is 0 Å². The fourth-order valence-corrected chi connectivity index (χ4v) is 2.69. The fourth-order valence-electron chi connectivity index (χ4n) is 2.69. The molecule has 2 aliphatic rings. The van der Waals surface area contributed by atoms with Crippen molar-refractivity contribution in [2.24, 2.45) is 17.1 Å². The van der Waals surface area contributed by atoms with Crippen LogP contribution in [0.3, 0.4) is 0 Å². The molecule has 19 heavy (non-hydrogen) atoms. The standard InChI is InChI=1S/C14H19NO4/c1-8-6-11(15)10(12(16)17)7-14(8,13(18)19)5-4-9-2-3-9/h6,9H,2-5,7,15H2,1H3,(H,16,17)(H,18,19). The summed E-state index contributed by atoms with van der Waals surface area (Å²) in [5.41, 5.74) is 5.44. The van der Waals surface area contributed by atoms with Gasteiger partial charge in [0.25, 0.3) is 0 Å². The van der Waals surface area contributed by atoms with Crippen molar-refractivity contribution in [3.05, 3.63) is 22.9 Å². The summed E-state index contributed by atoms with van der Waals surface area (Å²) >= 11 is 0. The summed E-state index contributed by atoms with van der Waals surface area (Å²) < 4.78 is 0. The highest BCUT2D eigenvalue weighted by Crippen LogP contribution is 2.46. The van der Waals surface area contributed by atoms with Crippen LogP contribution in [-0.4, -0.2) is 22.2 Å². The van der Waals surface area contributed by atoms with Crippen LogP contribution in [0.4, 0.5) is 0 Å². The van der Waals surface area contributed by atoms with Crippen LogP contribution in [0, 0.1) is 11.3 Å². The zero-order valence-corrected chi connectivity index (χ0v) is 11.0. The number of aliphatic carboxylic acids is 2. The molecule has 0 aliphatic heterocycles. The van der Waals surface area contributed by atoms with E-state index in [2.05, 4.69) is 0 Å². The molecule has 1 fully saturated rings. The van der Waals surface area contributed by atoms with Crippen molar-refractivity contribution in [3.63, 3.8) is 0 Å². The average Bonchev–Trinajstić information content (AvgIpc) is 3.11. The maximum absolute atomic E-state index is 11.7. The SMILES string of the molecule is CC1=CC(N)=C(C(=O)O)CC1(CCC1CC1)C(=O)O. The van der Waals surface area contributed by atoms with Crippen LogP contribution in [0.1, 0.15) is 39.0 Å². The topological polar surface area (TPSA) is 101 Å². The highest BCUT2D eigenvalue weighted by atomic mass is 16.4. The number of carboxylic acid groups (broad SMARTS) is 2. The number of carbonyl (C=O) groups is 2. The van der Waals surface area contributed by atoms with E-state index in [0.717, 1.165) is 19.3 Å². The van der Waals surface area contributed by atoms with Gasteiger partial charge < -0.3 is 15.9 Å². The summed E-state index contributed by atoms with van der Waals surface area (Å²) in [6.07, 6.45) is 5.13. The van der Waals surface area contributed by atoms with E-state index in [9.17, 15) is 14.7 Å². The molecule has 1 saturated carbocycles. The number of hydrogen-bond acceptors (Lipinski definition) is 3. The van der Waals surface area contributed by atoms with E-state index < -0.39 is 17.4 Å². The molecule has 2 aliphatic carbocycles. The van der Waals surface area contributed by atoms with Crippen molar-refractivity contribution in [2.75, 3.05) is 0 Å². The van der Waals surface area contributed by atoms with Crippen molar-refractivity contribution in [2.45, 2.75) is 39.0 Å². The first kappa shape index (κ1) is 13.6. The molecule has 0 saturated heterocycles. The molecule has 1 atom stereocenters. The Labute approximate surface area is 111 Å². The third-order valence-electron chi connectivity index (χ3n) is 4.30. The Morgan fingerprint density at radius 1 is 1.42 bits per heavy atom. The second-order valence-electron chi connectivity index (χ2n) is 5.61. The van der Waals surface area contributed by atoms with Crippen molar-refractivity contribution < 1.29 is 19.8 Å². The first-order valence-electron chi connectivity index (χ1n) is 6.51. The third kappa shape index (κ3) is 2.50. The zero-order valence-electron chi connectivity index (χ0n) is 11.0. The van der Waals surface area contributed by atoms with Gasteiger partial charge in [-0.25, -0.2) is 4.79 Å². The molecule has 0 bridgehead atoms. The number of allylic oxidation sites excluding steroid dienone is 1. The molecule has 104 valence electrons. The summed E-state index contributed by atoms with van der Waals surface area (Å²) in [6.45, 7) is 1.73. The second-order valence-corrected chi connectivity index (χ2v) is 5.61. The number of hydrogen-bond donors (Lipinski definition) is 3. The van der Waals surface area contributed by atoms with Crippen molar-refractivity contribution in [1.29, 1.82) is 0 Å². The first-order valence-corrected chi connectivity index (χ1v) is 6.51. The van der Waals surface area contributed by atoms with Crippen molar-refractivity contribution in [1.82, 2.24) is 0 Å². The van der Waals surface area contributed by atoms with E-state index in [1.54, 1.807) is 6.92 Å². The molecule has 5 nitrogen and oxygen atoms in total. The van der Waals surface area contributed by atoms with Gasteiger partial charge in [-0.05, 0) is 31.8 Å². The number of carboxylic acids is 2. The van der Waals surface area contributed by atoms with Crippen molar-refractivity contribution >= 4 is 11.9 Å². The smallest absolute Gasteiger partial charge is 0.333 e. The van der Waals surface area contributed by atoms with Crippen LogP contribution in [0.25, 0.3) is 0 Å². The Kier molecular flexibility index (Phi) is 3.39. The molecule has 0 spiro atoms. The molecular formula is C14H19NO4. The maximum Gasteiger partial charge on any atom is 0.333 e. The van der Waals surface area contributed by atoms with E-state index >= 15 is 0 Å². The highest BCUT2D eigenvalue weighted by Gasteiger charge is 2.45. The molecule has 4 N–H and O–H groups in total. The fraction of sp³-hybridized carbons (Fsp3) is 0.571. The Balaban J connectivity index is 2.30. The minimum absolute atomic E-state index is 0.0153. The molecule has 0 radical (unpaired) electrons. The van der Waals surface area contributed by atoms with Gasteiger partial charge in [0.1, 0.15) is 0 Å². The molecule has 0 aromatic carbocycles. The van der Waals surface area contributed by atoms with Gasteiger partial charge in [-0.15, -0.1) is 0 Å². The lowest BCUT2D eigenvalue weighted by Gasteiger charge is -2.34. The van der Waals surface area contributed by atoms with Crippen LogP contribution in [0.15, 0.2) is 22.9 Å². The van der Waals surface area contributed by atoms with Gasteiger partial charge in [-0.3, -0.25) is 4.79 Å². The first-order chi connectivity index (χ1) is 8.86. The van der Waals surface area contributed by atoms with Gasteiger partial charge in [0.15, 0.2) is 0 Å². The Bertz CT molecular complexity index is 488. The largest absolute Gasteiger partial charge is 0.481 e. The number of rotatable bonds is 5. The van der Waals surface area contributed by atoms with Gasteiger partial charge in [-0.2, -0.15) is 0 Å². The van der Waals surface area contributed by atoms with Gasteiger partial charge in [-0.1, -0.05) is 18.4 Å². The summed E-state index contributed by atoms with van der Waals surface area (Å²) in [5.74, 6) is -1.47. The minimum atomic E-state index is -1.13. The molecule has 0 aromatic rings. The maximum atomic E-state index is 11.7. The monoisotopic (exact) mass is 265 g/mol. The second kappa shape index (κ2) is 4.72. The lowest BCUT2D eigenvalue weighted by atomic mass is 9.69. The Hall–Kier alpha value is -1.78. The van der Waals surface area contributed by atoms with Gasteiger partial charge in [0, 0.05) is 12.1 Å². The summed E-state index contributed by atoms with van der Waals surface area (Å²) in [5, 5.41) is 18.7. The normalized spacial score (nSPS) is 27.1. The van der Waals surface area contributed by atoms with Crippen molar-refractivity contribution in [3.8, 4) is 0 Å². The van der Waals surface area contributed by atoms with Gasteiger partial charge >= 0.3 is 11.9 Å². The van der Waals surface area contributed by atoms with E-state index in [4.69, 9.17) is 10.8 Å². The van der Waals surface area contributed by atoms with Crippen LogP contribution in [0.5, 0.6) is 0 Å². The Morgan fingerprint density at radius 3 is 2.53 bits per heavy atom. The van der Waals surface area contributed by atoms with E-state index in [-0.39, 0.29) is 17.7 Å². The lowest BCUT2D eigenvalue weighted by molar-refractivity contribution is -0.147. The molecular weight excluding hydrogens is 246 g/mol. The zero-order chi connectivity index (χ0) is 14.2. The molecule has 0 heterocycles. The molecule has 0 aromatic heterocycles.